The molecule has 1 N–H and O–H groups in total. The minimum Gasteiger partial charge on any atom is -0.308 e. The van der Waals surface area contributed by atoms with Crippen LogP contribution in [0.5, 0.6) is 0 Å². The van der Waals surface area contributed by atoms with Crippen molar-refractivity contribution in [3.05, 3.63) is 11.1 Å². The molecule has 2 unspecified atom stereocenters. The second kappa shape index (κ2) is 4.80. The average molecular weight is 237 g/mol. The third-order valence-corrected chi connectivity index (χ3v) is 4.53. The summed E-state index contributed by atoms with van der Waals surface area (Å²) in [5.41, 5.74) is 1.10. The molecule has 0 spiro atoms. The highest BCUT2D eigenvalue weighted by atomic mass is 32.1. The van der Waals surface area contributed by atoms with Gasteiger partial charge < -0.3 is 5.32 Å². The smallest absolute Gasteiger partial charge is 0.0893 e. The van der Waals surface area contributed by atoms with Gasteiger partial charge in [0.1, 0.15) is 0 Å². The summed E-state index contributed by atoms with van der Waals surface area (Å²) < 4.78 is 3.89. The first-order chi connectivity index (χ1) is 7.92. The normalized spacial score (nSPS) is 30.5. The average Bonchev–Trinajstić information content (AvgIpc) is 3.05. The number of hydrogen-bond donors (Lipinski definition) is 1. The Morgan fingerprint density at radius 3 is 2.94 bits per heavy atom. The molecule has 1 heterocycles. The summed E-state index contributed by atoms with van der Waals surface area (Å²) in [7, 11) is 0. The lowest BCUT2D eigenvalue weighted by molar-refractivity contribution is 0.259. The van der Waals surface area contributed by atoms with E-state index in [4.69, 9.17) is 0 Å². The molecular formula is C12H19N3S. The Bertz CT molecular complexity index is 321. The monoisotopic (exact) mass is 237 g/mol. The van der Waals surface area contributed by atoms with Crippen molar-refractivity contribution >= 4 is 11.5 Å². The SMILES string of the molecule is c1snnc1CNC1CCCC(C2CC2)C1. The van der Waals surface area contributed by atoms with Crippen LogP contribution in [0, 0.1) is 11.8 Å². The van der Waals surface area contributed by atoms with Crippen LogP contribution in [0.1, 0.15) is 44.2 Å². The Morgan fingerprint density at radius 1 is 1.25 bits per heavy atom. The zero-order valence-corrected chi connectivity index (χ0v) is 10.4. The molecule has 3 nitrogen and oxygen atoms in total. The van der Waals surface area contributed by atoms with Gasteiger partial charge in [0.2, 0.25) is 0 Å². The van der Waals surface area contributed by atoms with Crippen molar-refractivity contribution in [3.8, 4) is 0 Å². The first kappa shape index (κ1) is 10.7. The van der Waals surface area contributed by atoms with Crippen molar-refractivity contribution in [1.29, 1.82) is 0 Å². The van der Waals surface area contributed by atoms with Gasteiger partial charge in [-0.1, -0.05) is 17.3 Å². The molecule has 88 valence electrons. The lowest BCUT2D eigenvalue weighted by Gasteiger charge is -2.29. The Kier molecular flexibility index (Phi) is 3.20. The zero-order valence-electron chi connectivity index (χ0n) is 9.56. The molecule has 2 aliphatic carbocycles. The number of nitrogens with zero attached hydrogens (tertiary/aromatic N) is 2. The lowest BCUT2D eigenvalue weighted by atomic mass is 9.83. The van der Waals surface area contributed by atoms with Crippen LogP contribution in [0.15, 0.2) is 5.38 Å². The third-order valence-electron chi connectivity index (χ3n) is 3.98. The van der Waals surface area contributed by atoms with E-state index in [0.717, 1.165) is 30.1 Å². The molecule has 0 aromatic carbocycles. The predicted octanol–water partition coefficient (Wildman–Crippen LogP) is 2.60. The highest BCUT2D eigenvalue weighted by molar-refractivity contribution is 7.03. The quantitative estimate of drug-likeness (QED) is 0.874. The van der Waals surface area contributed by atoms with E-state index < -0.39 is 0 Å². The molecule has 1 aromatic heterocycles. The molecule has 2 saturated carbocycles. The van der Waals surface area contributed by atoms with E-state index in [0.29, 0.717) is 0 Å². The van der Waals surface area contributed by atoms with Gasteiger partial charge in [0.25, 0.3) is 0 Å². The Balaban J connectivity index is 1.47. The summed E-state index contributed by atoms with van der Waals surface area (Å²) in [6, 6.07) is 0.723. The van der Waals surface area contributed by atoms with E-state index in [9.17, 15) is 0 Å². The molecule has 4 heteroatoms. The number of nitrogens with one attached hydrogen (secondary N) is 1. The third kappa shape index (κ3) is 2.61. The summed E-state index contributed by atoms with van der Waals surface area (Å²) >= 11 is 1.44. The maximum atomic E-state index is 4.07. The van der Waals surface area contributed by atoms with Crippen molar-refractivity contribution in [1.82, 2.24) is 14.9 Å². The van der Waals surface area contributed by atoms with Gasteiger partial charge in [-0.05, 0) is 49.1 Å². The maximum Gasteiger partial charge on any atom is 0.0893 e. The van der Waals surface area contributed by atoms with Crippen LogP contribution in [0.2, 0.25) is 0 Å². The molecule has 3 rings (SSSR count). The van der Waals surface area contributed by atoms with Crippen molar-refractivity contribution in [2.24, 2.45) is 11.8 Å². The maximum absolute atomic E-state index is 4.07. The van der Waals surface area contributed by atoms with Crippen LogP contribution < -0.4 is 5.32 Å². The molecule has 0 aliphatic heterocycles. The summed E-state index contributed by atoms with van der Waals surface area (Å²) in [5.74, 6) is 2.09. The first-order valence-corrected chi connectivity index (χ1v) is 7.25. The van der Waals surface area contributed by atoms with Gasteiger partial charge in [0, 0.05) is 18.0 Å². The zero-order chi connectivity index (χ0) is 10.8. The van der Waals surface area contributed by atoms with Crippen LogP contribution >= 0.6 is 11.5 Å². The second-order valence-corrected chi connectivity index (χ2v) is 5.85. The molecule has 0 bridgehead atoms. The van der Waals surface area contributed by atoms with Crippen LogP contribution in [0.3, 0.4) is 0 Å². The van der Waals surface area contributed by atoms with Crippen molar-refractivity contribution in [2.75, 3.05) is 0 Å². The standard InChI is InChI=1S/C12H19N3S/c1-2-10(9-4-5-9)6-11(3-1)13-7-12-8-16-15-14-12/h8-11,13H,1-7H2. The van der Waals surface area contributed by atoms with Gasteiger partial charge >= 0.3 is 0 Å². The molecule has 0 amide bonds. The van der Waals surface area contributed by atoms with Crippen molar-refractivity contribution in [3.63, 3.8) is 0 Å². The molecule has 0 radical (unpaired) electrons. The van der Waals surface area contributed by atoms with Crippen LogP contribution in [-0.4, -0.2) is 15.6 Å². The second-order valence-electron chi connectivity index (χ2n) is 5.24. The van der Waals surface area contributed by atoms with Crippen LogP contribution in [0.25, 0.3) is 0 Å². The van der Waals surface area contributed by atoms with E-state index in [-0.39, 0.29) is 0 Å². The van der Waals surface area contributed by atoms with Gasteiger partial charge in [-0.2, -0.15) is 0 Å². The van der Waals surface area contributed by atoms with Crippen molar-refractivity contribution < 1.29 is 0 Å². The Hall–Kier alpha value is -0.480. The summed E-state index contributed by atoms with van der Waals surface area (Å²) in [6.45, 7) is 0.901. The molecule has 2 aliphatic rings. The molecular weight excluding hydrogens is 218 g/mol. The highest BCUT2D eigenvalue weighted by Crippen LogP contribution is 2.43. The van der Waals surface area contributed by atoms with Crippen LogP contribution in [-0.2, 0) is 6.54 Å². The van der Waals surface area contributed by atoms with E-state index in [1.807, 2.05) is 5.38 Å². The Morgan fingerprint density at radius 2 is 2.19 bits per heavy atom. The van der Waals surface area contributed by atoms with E-state index in [1.165, 1.54) is 50.1 Å². The fourth-order valence-corrected chi connectivity index (χ4v) is 3.37. The summed E-state index contributed by atoms with van der Waals surface area (Å²) in [4.78, 5) is 0. The van der Waals surface area contributed by atoms with E-state index in [2.05, 4.69) is 14.9 Å². The minimum atomic E-state index is 0.723. The number of aromatic nitrogens is 2. The summed E-state index contributed by atoms with van der Waals surface area (Å²) in [5, 5.41) is 9.75. The van der Waals surface area contributed by atoms with Gasteiger partial charge in [0.05, 0.1) is 5.69 Å². The molecule has 2 fully saturated rings. The van der Waals surface area contributed by atoms with E-state index >= 15 is 0 Å². The fraction of sp³-hybridized carbons (Fsp3) is 0.833. The molecule has 16 heavy (non-hydrogen) atoms. The molecule has 1 aromatic rings. The lowest BCUT2D eigenvalue weighted by Crippen LogP contribution is -2.34. The van der Waals surface area contributed by atoms with Gasteiger partial charge in [0.15, 0.2) is 0 Å². The van der Waals surface area contributed by atoms with Crippen molar-refractivity contribution in [2.45, 2.75) is 51.1 Å². The highest BCUT2D eigenvalue weighted by Gasteiger charge is 2.34. The fourth-order valence-electron chi connectivity index (χ4n) is 2.92. The van der Waals surface area contributed by atoms with Crippen LogP contribution in [0.4, 0.5) is 0 Å². The molecule has 0 saturated heterocycles. The largest absolute Gasteiger partial charge is 0.308 e. The first-order valence-electron chi connectivity index (χ1n) is 6.41. The molecule has 2 atom stereocenters. The van der Waals surface area contributed by atoms with Gasteiger partial charge in [-0.3, -0.25) is 0 Å². The minimum absolute atomic E-state index is 0.723. The predicted molar refractivity (Wildman–Crippen MR) is 65.2 cm³/mol. The van der Waals surface area contributed by atoms with Gasteiger partial charge in [-0.15, -0.1) is 5.10 Å². The van der Waals surface area contributed by atoms with E-state index in [1.54, 1.807) is 0 Å². The Labute approximate surface area is 101 Å². The number of rotatable bonds is 4. The number of hydrogen-bond acceptors (Lipinski definition) is 4. The topological polar surface area (TPSA) is 37.8 Å². The summed E-state index contributed by atoms with van der Waals surface area (Å²) in [6.07, 6.45) is 8.61. The van der Waals surface area contributed by atoms with Gasteiger partial charge in [-0.25, -0.2) is 0 Å².